The Morgan fingerprint density at radius 1 is 1.31 bits per heavy atom. The molecule has 0 aliphatic heterocycles. The standard InChI is InChI=1S/C11H23N5/c1-5-13-11-15-14-10(16(11)6-2)9(12)7-8(3)4/h8-9H,5-7,12H2,1-4H3,(H,13,15). The normalized spacial score (nSPS) is 13.1. The molecule has 1 rings (SSSR count). The number of aromatic nitrogens is 3. The average Bonchev–Trinajstić information content (AvgIpc) is 2.60. The minimum Gasteiger partial charge on any atom is -0.355 e. The maximum absolute atomic E-state index is 6.13. The van der Waals surface area contributed by atoms with Crippen molar-refractivity contribution in [3.8, 4) is 0 Å². The van der Waals surface area contributed by atoms with E-state index in [4.69, 9.17) is 5.73 Å². The van der Waals surface area contributed by atoms with Crippen LogP contribution in [-0.4, -0.2) is 21.3 Å². The molecule has 16 heavy (non-hydrogen) atoms. The van der Waals surface area contributed by atoms with Gasteiger partial charge >= 0.3 is 0 Å². The Kier molecular flexibility index (Phi) is 4.73. The zero-order valence-electron chi connectivity index (χ0n) is 10.7. The van der Waals surface area contributed by atoms with Crippen LogP contribution in [0.5, 0.6) is 0 Å². The van der Waals surface area contributed by atoms with Gasteiger partial charge in [-0.25, -0.2) is 0 Å². The third-order valence-electron chi connectivity index (χ3n) is 2.49. The van der Waals surface area contributed by atoms with Gasteiger partial charge in [-0.3, -0.25) is 4.57 Å². The fourth-order valence-corrected chi connectivity index (χ4v) is 1.80. The fraction of sp³-hybridized carbons (Fsp3) is 0.818. The number of hydrogen-bond acceptors (Lipinski definition) is 4. The first-order valence-electron chi connectivity index (χ1n) is 6.02. The molecule has 0 amide bonds. The Bertz CT molecular complexity index is 318. The third-order valence-corrected chi connectivity index (χ3v) is 2.49. The van der Waals surface area contributed by atoms with Crippen LogP contribution in [-0.2, 0) is 6.54 Å². The molecular weight excluding hydrogens is 202 g/mol. The number of nitrogens with one attached hydrogen (secondary N) is 1. The first-order chi connectivity index (χ1) is 7.60. The first kappa shape index (κ1) is 13.0. The van der Waals surface area contributed by atoms with Crippen molar-refractivity contribution in [3.63, 3.8) is 0 Å². The summed E-state index contributed by atoms with van der Waals surface area (Å²) < 4.78 is 2.05. The summed E-state index contributed by atoms with van der Waals surface area (Å²) in [5, 5.41) is 11.5. The Labute approximate surface area is 97.4 Å². The van der Waals surface area contributed by atoms with E-state index >= 15 is 0 Å². The molecule has 1 heterocycles. The van der Waals surface area contributed by atoms with Crippen LogP contribution in [0, 0.1) is 5.92 Å². The summed E-state index contributed by atoms with van der Waals surface area (Å²) in [4.78, 5) is 0. The smallest absolute Gasteiger partial charge is 0.224 e. The summed E-state index contributed by atoms with van der Waals surface area (Å²) in [5.41, 5.74) is 6.13. The Morgan fingerprint density at radius 2 is 2.00 bits per heavy atom. The van der Waals surface area contributed by atoms with Crippen molar-refractivity contribution in [2.75, 3.05) is 11.9 Å². The molecule has 0 bridgehead atoms. The van der Waals surface area contributed by atoms with E-state index in [0.717, 1.165) is 31.3 Å². The van der Waals surface area contributed by atoms with Crippen molar-refractivity contribution in [2.45, 2.75) is 46.7 Å². The minimum absolute atomic E-state index is 0.0279. The van der Waals surface area contributed by atoms with Gasteiger partial charge in [-0.1, -0.05) is 13.8 Å². The lowest BCUT2D eigenvalue weighted by Gasteiger charge is -2.15. The monoisotopic (exact) mass is 225 g/mol. The van der Waals surface area contributed by atoms with Crippen LogP contribution >= 0.6 is 0 Å². The Balaban J connectivity index is 2.86. The minimum atomic E-state index is -0.0279. The quantitative estimate of drug-likeness (QED) is 0.774. The van der Waals surface area contributed by atoms with Gasteiger partial charge in [0.2, 0.25) is 5.95 Å². The number of nitrogens with zero attached hydrogens (tertiary/aromatic N) is 3. The summed E-state index contributed by atoms with van der Waals surface area (Å²) >= 11 is 0. The number of nitrogens with two attached hydrogens (primary N) is 1. The lowest BCUT2D eigenvalue weighted by molar-refractivity contribution is 0.477. The van der Waals surface area contributed by atoms with Crippen LogP contribution in [0.15, 0.2) is 0 Å². The molecule has 1 aromatic rings. The van der Waals surface area contributed by atoms with Crippen LogP contribution in [0.25, 0.3) is 0 Å². The zero-order chi connectivity index (χ0) is 12.1. The summed E-state index contributed by atoms with van der Waals surface area (Å²) in [7, 11) is 0. The molecule has 5 nitrogen and oxygen atoms in total. The second-order valence-corrected chi connectivity index (χ2v) is 4.39. The molecule has 0 aromatic carbocycles. The Morgan fingerprint density at radius 3 is 2.50 bits per heavy atom. The van der Waals surface area contributed by atoms with Gasteiger partial charge in [-0.05, 0) is 26.2 Å². The predicted molar refractivity (Wildman–Crippen MR) is 66.2 cm³/mol. The summed E-state index contributed by atoms with van der Waals surface area (Å²) in [6.45, 7) is 10.1. The van der Waals surface area contributed by atoms with Crippen molar-refractivity contribution in [2.24, 2.45) is 11.7 Å². The van der Waals surface area contributed by atoms with Crippen LogP contribution in [0.3, 0.4) is 0 Å². The molecule has 1 atom stereocenters. The molecule has 0 radical (unpaired) electrons. The Hall–Kier alpha value is -1.10. The van der Waals surface area contributed by atoms with Gasteiger partial charge in [0, 0.05) is 13.1 Å². The highest BCUT2D eigenvalue weighted by molar-refractivity contribution is 5.26. The highest BCUT2D eigenvalue weighted by Gasteiger charge is 2.17. The van der Waals surface area contributed by atoms with E-state index < -0.39 is 0 Å². The highest BCUT2D eigenvalue weighted by atomic mass is 15.4. The van der Waals surface area contributed by atoms with Crippen LogP contribution < -0.4 is 11.1 Å². The molecule has 0 saturated heterocycles. The van der Waals surface area contributed by atoms with E-state index in [-0.39, 0.29) is 6.04 Å². The van der Waals surface area contributed by atoms with Gasteiger partial charge in [-0.2, -0.15) is 0 Å². The van der Waals surface area contributed by atoms with Gasteiger partial charge in [0.25, 0.3) is 0 Å². The van der Waals surface area contributed by atoms with E-state index in [2.05, 4.69) is 40.9 Å². The second-order valence-electron chi connectivity index (χ2n) is 4.39. The van der Waals surface area contributed by atoms with E-state index in [1.807, 2.05) is 6.92 Å². The van der Waals surface area contributed by atoms with Crippen molar-refractivity contribution >= 4 is 5.95 Å². The van der Waals surface area contributed by atoms with E-state index in [1.54, 1.807) is 0 Å². The lowest BCUT2D eigenvalue weighted by Crippen LogP contribution is -2.19. The summed E-state index contributed by atoms with van der Waals surface area (Å²) in [5.74, 6) is 2.27. The SMILES string of the molecule is CCNc1nnc(C(N)CC(C)C)n1CC. The summed E-state index contributed by atoms with van der Waals surface area (Å²) in [6.07, 6.45) is 0.935. The highest BCUT2D eigenvalue weighted by Crippen LogP contribution is 2.19. The van der Waals surface area contributed by atoms with Gasteiger partial charge in [0.05, 0.1) is 6.04 Å². The third kappa shape index (κ3) is 2.95. The molecule has 0 saturated carbocycles. The lowest BCUT2D eigenvalue weighted by atomic mass is 10.0. The maximum Gasteiger partial charge on any atom is 0.224 e. The van der Waals surface area contributed by atoms with Gasteiger partial charge in [-0.15, -0.1) is 10.2 Å². The number of hydrogen-bond donors (Lipinski definition) is 2. The molecule has 3 N–H and O–H groups in total. The zero-order valence-corrected chi connectivity index (χ0v) is 10.7. The molecule has 5 heteroatoms. The largest absolute Gasteiger partial charge is 0.355 e. The van der Waals surface area contributed by atoms with Gasteiger partial charge < -0.3 is 11.1 Å². The van der Waals surface area contributed by atoms with E-state index in [9.17, 15) is 0 Å². The molecule has 0 fully saturated rings. The fourth-order valence-electron chi connectivity index (χ4n) is 1.80. The molecule has 1 aromatic heterocycles. The first-order valence-corrected chi connectivity index (χ1v) is 6.02. The molecule has 1 unspecified atom stereocenters. The molecule has 92 valence electrons. The topological polar surface area (TPSA) is 68.8 Å². The molecule has 0 spiro atoms. The van der Waals surface area contributed by atoms with Gasteiger partial charge in [0.15, 0.2) is 5.82 Å². The second kappa shape index (κ2) is 5.84. The van der Waals surface area contributed by atoms with Crippen molar-refractivity contribution < 1.29 is 0 Å². The van der Waals surface area contributed by atoms with E-state index in [1.165, 1.54) is 0 Å². The average molecular weight is 225 g/mol. The van der Waals surface area contributed by atoms with Crippen molar-refractivity contribution in [1.82, 2.24) is 14.8 Å². The van der Waals surface area contributed by atoms with E-state index in [0.29, 0.717) is 5.92 Å². The van der Waals surface area contributed by atoms with Crippen LogP contribution in [0.2, 0.25) is 0 Å². The summed E-state index contributed by atoms with van der Waals surface area (Å²) in [6, 6.07) is -0.0279. The van der Waals surface area contributed by atoms with Crippen molar-refractivity contribution in [3.05, 3.63) is 5.82 Å². The van der Waals surface area contributed by atoms with Gasteiger partial charge in [0.1, 0.15) is 0 Å². The predicted octanol–water partition coefficient (Wildman–Crippen LogP) is 1.78. The molecular formula is C11H23N5. The number of anilines is 1. The molecule has 0 aliphatic carbocycles. The van der Waals surface area contributed by atoms with Crippen molar-refractivity contribution in [1.29, 1.82) is 0 Å². The number of rotatable bonds is 6. The maximum atomic E-state index is 6.13. The van der Waals surface area contributed by atoms with Crippen LogP contribution in [0.1, 0.15) is 46.0 Å². The molecule has 0 aliphatic rings. The van der Waals surface area contributed by atoms with Crippen LogP contribution in [0.4, 0.5) is 5.95 Å².